The van der Waals surface area contributed by atoms with Crippen molar-refractivity contribution in [3.63, 3.8) is 0 Å². The van der Waals surface area contributed by atoms with Gasteiger partial charge in [-0.2, -0.15) is 0 Å². The summed E-state index contributed by atoms with van der Waals surface area (Å²) in [4.78, 5) is 16.5. The van der Waals surface area contributed by atoms with Crippen LogP contribution in [0.1, 0.15) is 16.7 Å². The molecule has 0 saturated carbocycles. The maximum atomic E-state index is 12.3. The Morgan fingerprint density at radius 2 is 1.21 bits per heavy atom. The number of nitrogens with zero attached hydrogens (tertiary/aromatic N) is 2. The van der Waals surface area contributed by atoms with E-state index in [4.69, 9.17) is 4.74 Å². The molecule has 0 aromatic heterocycles. The number of carbonyl (C=O) groups excluding carboxylic acids is 1. The number of hydrogen-bond donors (Lipinski definition) is 0. The molecular formula is C25H24N2O2. The molecule has 0 amide bonds. The Kier molecular flexibility index (Phi) is 5.09. The van der Waals surface area contributed by atoms with Gasteiger partial charge < -0.3 is 14.5 Å². The molecule has 0 atom stereocenters. The van der Waals surface area contributed by atoms with Gasteiger partial charge in [0, 0.05) is 13.2 Å². The van der Waals surface area contributed by atoms with Crippen molar-refractivity contribution >= 4 is 5.97 Å². The van der Waals surface area contributed by atoms with Crippen molar-refractivity contribution in [1.29, 1.82) is 0 Å². The van der Waals surface area contributed by atoms with Crippen LogP contribution < -0.4 is 0 Å². The van der Waals surface area contributed by atoms with Crippen LogP contribution in [-0.4, -0.2) is 36.6 Å². The zero-order valence-electron chi connectivity index (χ0n) is 16.7. The average Bonchev–Trinajstić information content (AvgIpc) is 3.18. The molecule has 1 aliphatic heterocycles. The number of likely N-dealkylation sites (N-methyl/N-ethyl adjacent to an activating group) is 1. The third kappa shape index (κ3) is 3.17. The van der Waals surface area contributed by atoms with Gasteiger partial charge in [-0.3, -0.25) is 0 Å². The second-order valence-corrected chi connectivity index (χ2v) is 7.12. The predicted octanol–water partition coefficient (Wildman–Crippen LogP) is 4.20. The molecule has 0 radical (unpaired) electrons. The molecule has 3 aromatic carbocycles. The molecule has 0 fully saturated rings. The van der Waals surface area contributed by atoms with Gasteiger partial charge in [0.15, 0.2) is 0 Å². The number of esters is 1. The molecule has 0 spiro atoms. The maximum Gasteiger partial charge on any atom is 0.355 e. The summed E-state index contributed by atoms with van der Waals surface area (Å²) in [6.07, 6.45) is 1.92. The molecule has 3 aromatic rings. The lowest BCUT2D eigenvalue weighted by atomic mass is 9.76. The van der Waals surface area contributed by atoms with Crippen molar-refractivity contribution in [2.75, 3.05) is 20.8 Å². The van der Waals surface area contributed by atoms with Crippen LogP contribution >= 0.6 is 0 Å². The highest BCUT2D eigenvalue weighted by atomic mass is 16.5. The highest BCUT2D eigenvalue weighted by Crippen LogP contribution is 2.44. The molecule has 0 N–H and O–H groups in total. The van der Waals surface area contributed by atoms with Gasteiger partial charge in [-0.25, -0.2) is 4.79 Å². The summed E-state index contributed by atoms with van der Waals surface area (Å²) in [5, 5.41) is 0. The van der Waals surface area contributed by atoms with Crippen LogP contribution in [0.15, 0.2) is 103 Å². The zero-order valence-corrected chi connectivity index (χ0v) is 16.7. The van der Waals surface area contributed by atoms with E-state index >= 15 is 0 Å². The summed E-state index contributed by atoms with van der Waals surface area (Å²) >= 11 is 0. The highest BCUT2D eigenvalue weighted by Gasteiger charge is 2.44. The quantitative estimate of drug-likeness (QED) is 0.488. The topological polar surface area (TPSA) is 32.8 Å². The van der Waals surface area contributed by atoms with Gasteiger partial charge in [0.05, 0.1) is 13.8 Å². The highest BCUT2D eigenvalue weighted by molar-refractivity contribution is 5.88. The molecule has 0 saturated heterocycles. The molecule has 4 heteroatoms. The normalized spacial score (nSPS) is 13.9. The van der Waals surface area contributed by atoms with E-state index in [9.17, 15) is 4.79 Å². The van der Waals surface area contributed by atoms with E-state index in [0.29, 0.717) is 12.4 Å². The first-order valence-corrected chi connectivity index (χ1v) is 9.62. The Hall–Kier alpha value is -3.53. The van der Waals surface area contributed by atoms with Gasteiger partial charge >= 0.3 is 5.97 Å². The third-order valence-electron chi connectivity index (χ3n) is 5.45. The van der Waals surface area contributed by atoms with Crippen LogP contribution in [0.4, 0.5) is 0 Å². The maximum absolute atomic E-state index is 12.3. The lowest BCUT2D eigenvalue weighted by molar-refractivity contribution is -0.137. The Morgan fingerprint density at radius 3 is 1.59 bits per heavy atom. The summed E-state index contributed by atoms with van der Waals surface area (Å²) in [6.45, 7) is 0.559. The van der Waals surface area contributed by atoms with Gasteiger partial charge in [-0.05, 0) is 16.7 Å². The van der Waals surface area contributed by atoms with E-state index in [1.54, 1.807) is 0 Å². The van der Waals surface area contributed by atoms with E-state index in [-0.39, 0.29) is 5.97 Å². The van der Waals surface area contributed by atoms with Gasteiger partial charge in [-0.15, -0.1) is 0 Å². The summed E-state index contributed by atoms with van der Waals surface area (Å²) in [6, 6.07) is 31.3. The van der Waals surface area contributed by atoms with Crippen LogP contribution in [0.25, 0.3) is 0 Å². The Labute approximate surface area is 171 Å². The Morgan fingerprint density at radius 1 is 0.793 bits per heavy atom. The van der Waals surface area contributed by atoms with Crippen LogP contribution in [0.5, 0.6) is 0 Å². The van der Waals surface area contributed by atoms with Gasteiger partial charge in [0.1, 0.15) is 11.2 Å². The van der Waals surface area contributed by atoms with Gasteiger partial charge in [0.2, 0.25) is 0 Å². The largest absolute Gasteiger partial charge is 0.464 e. The summed E-state index contributed by atoms with van der Waals surface area (Å²) in [5.41, 5.74) is 3.35. The van der Waals surface area contributed by atoms with Crippen LogP contribution in [0, 0.1) is 0 Å². The van der Waals surface area contributed by atoms with E-state index in [2.05, 4.69) is 77.7 Å². The molecule has 0 bridgehead atoms. The van der Waals surface area contributed by atoms with Crippen LogP contribution in [0.3, 0.4) is 0 Å². The molecule has 4 rings (SSSR count). The fourth-order valence-corrected chi connectivity index (χ4v) is 4.14. The number of benzene rings is 3. The summed E-state index contributed by atoms with van der Waals surface area (Å²) < 4.78 is 5.01. The van der Waals surface area contributed by atoms with Crippen molar-refractivity contribution in [2.24, 2.45) is 0 Å². The number of hydrogen-bond acceptors (Lipinski definition) is 4. The van der Waals surface area contributed by atoms with Crippen LogP contribution in [0.2, 0.25) is 0 Å². The smallest absolute Gasteiger partial charge is 0.355 e. The number of rotatable bonds is 5. The molecule has 146 valence electrons. The Bertz CT molecular complexity index is 904. The first-order valence-electron chi connectivity index (χ1n) is 9.62. The van der Waals surface area contributed by atoms with Gasteiger partial charge in [-0.1, -0.05) is 91.0 Å². The average molecular weight is 384 g/mol. The summed E-state index contributed by atoms with van der Waals surface area (Å²) in [7, 11) is 3.33. The zero-order chi connectivity index (χ0) is 20.3. The Balaban J connectivity index is 2.02. The second kappa shape index (κ2) is 7.84. The third-order valence-corrected chi connectivity index (χ3v) is 5.45. The molecule has 0 aliphatic carbocycles. The van der Waals surface area contributed by atoms with E-state index in [1.807, 2.05) is 36.3 Å². The lowest BCUT2D eigenvalue weighted by Gasteiger charge is -2.44. The second-order valence-electron chi connectivity index (χ2n) is 7.12. The van der Waals surface area contributed by atoms with Crippen molar-refractivity contribution in [1.82, 2.24) is 9.80 Å². The number of carbonyl (C=O) groups is 1. The number of methoxy groups -OCH3 is 1. The van der Waals surface area contributed by atoms with Crippen molar-refractivity contribution in [3.05, 3.63) is 120 Å². The van der Waals surface area contributed by atoms with Gasteiger partial charge in [0.25, 0.3) is 0 Å². The fourth-order valence-electron chi connectivity index (χ4n) is 4.14. The van der Waals surface area contributed by atoms with Crippen LogP contribution in [-0.2, 0) is 15.1 Å². The fraction of sp³-hybridized carbons (Fsp3) is 0.160. The first kappa shape index (κ1) is 18.8. The van der Waals surface area contributed by atoms with E-state index in [0.717, 1.165) is 16.7 Å². The molecule has 1 heterocycles. The van der Waals surface area contributed by atoms with Crippen molar-refractivity contribution in [3.8, 4) is 0 Å². The minimum atomic E-state index is -0.589. The lowest BCUT2D eigenvalue weighted by Crippen LogP contribution is -2.46. The van der Waals surface area contributed by atoms with E-state index in [1.165, 1.54) is 7.11 Å². The standard InChI is InChI=1S/C25H24N2O2/c1-26-19-27(18-23(26)24(28)29-2)25(20-12-6-3-7-13-20,21-14-8-4-9-15-21)22-16-10-5-11-17-22/h3-18H,19H2,1-2H3. The van der Waals surface area contributed by atoms with Crippen molar-refractivity contribution in [2.45, 2.75) is 5.54 Å². The molecule has 1 aliphatic rings. The van der Waals surface area contributed by atoms with Crippen molar-refractivity contribution < 1.29 is 9.53 Å². The summed E-state index contributed by atoms with van der Waals surface area (Å²) in [5.74, 6) is -0.335. The first-order chi connectivity index (χ1) is 14.2. The number of ether oxygens (including phenoxy) is 1. The molecule has 29 heavy (non-hydrogen) atoms. The molecule has 0 unspecified atom stereocenters. The van der Waals surface area contributed by atoms with E-state index < -0.39 is 5.54 Å². The molecule has 4 nitrogen and oxygen atoms in total. The minimum Gasteiger partial charge on any atom is -0.464 e. The SMILES string of the molecule is COC(=O)C1=CN(C(c2ccccc2)(c2ccccc2)c2ccccc2)CN1C. The predicted molar refractivity (Wildman–Crippen MR) is 114 cm³/mol. The monoisotopic (exact) mass is 384 g/mol. The molecular weight excluding hydrogens is 360 g/mol. The minimum absolute atomic E-state index is 0.335.